The Morgan fingerprint density at radius 1 is 1.20 bits per heavy atom. The number of piperidine rings is 1. The second kappa shape index (κ2) is 9.25. The van der Waals surface area contributed by atoms with Crippen LogP contribution >= 0.6 is 0 Å². The van der Waals surface area contributed by atoms with Crippen LogP contribution in [0.25, 0.3) is 0 Å². The molecule has 3 heterocycles. The van der Waals surface area contributed by atoms with Crippen molar-refractivity contribution in [2.75, 3.05) is 42.2 Å². The summed E-state index contributed by atoms with van der Waals surface area (Å²) in [5.74, 6) is 1.07. The van der Waals surface area contributed by atoms with Gasteiger partial charge in [0.1, 0.15) is 0 Å². The third-order valence-electron chi connectivity index (χ3n) is 5.87. The van der Waals surface area contributed by atoms with Crippen molar-refractivity contribution in [2.45, 2.75) is 38.2 Å². The molecule has 2 saturated heterocycles. The molecule has 9 heteroatoms. The maximum absolute atomic E-state index is 11.6. The summed E-state index contributed by atoms with van der Waals surface area (Å²) in [4.78, 5) is 21.7. The van der Waals surface area contributed by atoms with E-state index in [1.54, 1.807) is 0 Å². The van der Waals surface area contributed by atoms with E-state index >= 15 is 0 Å². The fraction of sp³-hybridized carbons (Fsp3) is 0.524. The second-order valence-electron chi connectivity index (χ2n) is 8.00. The Hall–Kier alpha value is -2.94. The van der Waals surface area contributed by atoms with E-state index in [0.29, 0.717) is 37.3 Å². The molecule has 1 unspecified atom stereocenters. The van der Waals surface area contributed by atoms with E-state index in [2.05, 4.69) is 39.6 Å². The van der Waals surface area contributed by atoms with E-state index < -0.39 is 4.92 Å². The molecule has 1 aromatic heterocycles. The van der Waals surface area contributed by atoms with E-state index in [9.17, 15) is 10.1 Å². The van der Waals surface area contributed by atoms with Crippen molar-refractivity contribution >= 4 is 23.3 Å². The summed E-state index contributed by atoms with van der Waals surface area (Å²) in [7, 11) is 0. The molecule has 160 valence electrons. The average molecular weight is 412 g/mol. The number of nitrogens with zero attached hydrogens (tertiary/aromatic N) is 4. The molecule has 0 radical (unpaired) electrons. The Bertz CT molecular complexity index is 865. The second-order valence-corrected chi connectivity index (χ2v) is 8.00. The fourth-order valence-electron chi connectivity index (χ4n) is 4.24. The predicted octanol–water partition coefficient (Wildman–Crippen LogP) is 3.02. The minimum atomic E-state index is -0.482. The van der Waals surface area contributed by atoms with Crippen LogP contribution < -0.4 is 16.0 Å². The quantitative estimate of drug-likeness (QED) is 0.526. The van der Waals surface area contributed by atoms with Crippen LogP contribution in [-0.4, -0.2) is 47.2 Å². The maximum atomic E-state index is 11.6. The van der Waals surface area contributed by atoms with Gasteiger partial charge in [-0.15, -0.1) is 0 Å². The van der Waals surface area contributed by atoms with Crippen LogP contribution in [0.3, 0.4) is 0 Å². The predicted molar refractivity (Wildman–Crippen MR) is 116 cm³/mol. The van der Waals surface area contributed by atoms with Crippen molar-refractivity contribution in [1.29, 1.82) is 0 Å². The third-order valence-corrected chi connectivity index (χ3v) is 5.87. The first-order valence-electron chi connectivity index (χ1n) is 10.6. The van der Waals surface area contributed by atoms with E-state index in [4.69, 9.17) is 10.5 Å². The van der Waals surface area contributed by atoms with Gasteiger partial charge in [-0.3, -0.25) is 10.1 Å². The summed E-state index contributed by atoms with van der Waals surface area (Å²) < 4.78 is 5.61. The zero-order chi connectivity index (χ0) is 20.9. The van der Waals surface area contributed by atoms with Crippen LogP contribution in [0.5, 0.6) is 0 Å². The van der Waals surface area contributed by atoms with E-state index in [0.717, 1.165) is 38.7 Å². The number of aromatic nitrogens is 2. The van der Waals surface area contributed by atoms with Gasteiger partial charge in [-0.25, -0.2) is 0 Å². The molecule has 0 aliphatic carbocycles. The SMILES string of the molecule is Nc1nc(NCC2CCCO2)nc(N2CCC(Cc3ccccc3)CC2)c1[N+](=O)[O-]. The minimum Gasteiger partial charge on any atom is -0.378 e. The lowest BCUT2D eigenvalue weighted by Gasteiger charge is -2.32. The topological polar surface area (TPSA) is 119 Å². The average Bonchev–Trinajstić information content (AvgIpc) is 3.26. The Balaban J connectivity index is 1.45. The smallest absolute Gasteiger partial charge is 0.353 e. The number of rotatable bonds is 7. The number of nitrogens with two attached hydrogens (primary N) is 1. The van der Waals surface area contributed by atoms with Crippen molar-refractivity contribution in [2.24, 2.45) is 5.92 Å². The van der Waals surface area contributed by atoms with Gasteiger partial charge in [0.15, 0.2) is 0 Å². The van der Waals surface area contributed by atoms with Crippen LogP contribution in [0.4, 0.5) is 23.3 Å². The van der Waals surface area contributed by atoms with Gasteiger partial charge in [0, 0.05) is 26.2 Å². The maximum Gasteiger partial charge on any atom is 0.353 e. The van der Waals surface area contributed by atoms with Gasteiger partial charge in [0.05, 0.1) is 11.0 Å². The van der Waals surface area contributed by atoms with Gasteiger partial charge in [-0.05, 0) is 43.6 Å². The van der Waals surface area contributed by atoms with Gasteiger partial charge >= 0.3 is 5.69 Å². The molecule has 0 saturated carbocycles. The van der Waals surface area contributed by atoms with Crippen LogP contribution in [0.15, 0.2) is 30.3 Å². The molecule has 1 atom stereocenters. The van der Waals surface area contributed by atoms with Crippen LogP contribution in [0.2, 0.25) is 0 Å². The minimum absolute atomic E-state index is 0.105. The third kappa shape index (κ3) is 4.79. The highest BCUT2D eigenvalue weighted by atomic mass is 16.6. The lowest BCUT2D eigenvalue weighted by atomic mass is 9.90. The first-order valence-corrected chi connectivity index (χ1v) is 10.6. The van der Waals surface area contributed by atoms with Gasteiger partial charge in [-0.1, -0.05) is 30.3 Å². The number of benzene rings is 1. The highest BCUT2D eigenvalue weighted by molar-refractivity contribution is 5.71. The molecule has 4 rings (SSSR count). The van der Waals surface area contributed by atoms with E-state index in [-0.39, 0.29) is 17.6 Å². The first-order chi connectivity index (χ1) is 14.6. The number of nitrogens with one attached hydrogen (secondary N) is 1. The first kappa shape index (κ1) is 20.3. The molecular weight excluding hydrogens is 384 g/mol. The molecule has 2 fully saturated rings. The van der Waals surface area contributed by atoms with Crippen LogP contribution in [0.1, 0.15) is 31.2 Å². The standard InChI is InChI=1S/C21H28N6O3/c22-19-18(27(28)29)20(25-21(24-19)23-14-17-7-4-12-30-17)26-10-8-16(9-11-26)13-15-5-2-1-3-6-15/h1-3,5-6,16-17H,4,7-14H2,(H3,22,23,24,25). The molecule has 9 nitrogen and oxygen atoms in total. The van der Waals surface area contributed by atoms with Crippen molar-refractivity contribution in [3.8, 4) is 0 Å². The van der Waals surface area contributed by atoms with Crippen molar-refractivity contribution in [3.05, 3.63) is 46.0 Å². The lowest BCUT2D eigenvalue weighted by Crippen LogP contribution is -2.35. The number of hydrogen-bond donors (Lipinski definition) is 2. The van der Waals surface area contributed by atoms with Gasteiger partial charge < -0.3 is 20.7 Å². The molecule has 3 N–H and O–H groups in total. The molecule has 2 aliphatic rings. The Labute approximate surface area is 175 Å². The molecular formula is C21H28N6O3. The number of ether oxygens (including phenoxy) is 1. The zero-order valence-corrected chi connectivity index (χ0v) is 17.0. The zero-order valence-electron chi connectivity index (χ0n) is 17.0. The van der Waals surface area contributed by atoms with E-state index in [1.807, 2.05) is 11.0 Å². The van der Waals surface area contributed by atoms with Gasteiger partial charge in [0.2, 0.25) is 17.6 Å². The number of anilines is 3. The summed E-state index contributed by atoms with van der Waals surface area (Å²) in [5.41, 5.74) is 7.07. The van der Waals surface area contributed by atoms with Crippen molar-refractivity contribution in [3.63, 3.8) is 0 Å². The number of hydrogen-bond acceptors (Lipinski definition) is 8. The van der Waals surface area contributed by atoms with E-state index in [1.165, 1.54) is 5.56 Å². The Morgan fingerprint density at radius 3 is 2.63 bits per heavy atom. The van der Waals surface area contributed by atoms with Crippen LogP contribution in [-0.2, 0) is 11.2 Å². The highest BCUT2D eigenvalue weighted by Gasteiger charge is 2.30. The summed E-state index contributed by atoms with van der Waals surface area (Å²) in [6.45, 7) is 2.74. The summed E-state index contributed by atoms with van der Waals surface area (Å²) >= 11 is 0. The number of nitro groups is 1. The molecule has 2 aliphatic heterocycles. The molecule has 2 aromatic rings. The highest BCUT2D eigenvalue weighted by Crippen LogP contribution is 2.35. The summed E-state index contributed by atoms with van der Waals surface area (Å²) in [6, 6.07) is 10.4. The van der Waals surface area contributed by atoms with Crippen molar-refractivity contribution in [1.82, 2.24) is 9.97 Å². The van der Waals surface area contributed by atoms with Crippen molar-refractivity contribution < 1.29 is 9.66 Å². The van der Waals surface area contributed by atoms with Gasteiger partial charge in [-0.2, -0.15) is 9.97 Å². The normalized spacial score (nSPS) is 19.7. The Morgan fingerprint density at radius 2 is 1.97 bits per heavy atom. The fourth-order valence-corrected chi connectivity index (χ4v) is 4.24. The molecule has 0 bridgehead atoms. The molecule has 30 heavy (non-hydrogen) atoms. The number of nitrogen functional groups attached to an aromatic ring is 1. The monoisotopic (exact) mass is 412 g/mol. The molecule has 0 amide bonds. The van der Waals surface area contributed by atoms with Crippen LogP contribution in [0, 0.1) is 16.0 Å². The summed E-state index contributed by atoms with van der Waals surface area (Å²) in [5, 5.41) is 14.8. The largest absolute Gasteiger partial charge is 0.378 e. The summed E-state index contributed by atoms with van der Waals surface area (Å²) in [6.07, 6.45) is 5.07. The lowest BCUT2D eigenvalue weighted by molar-refractivity contribution is -0.383. The van der Waals surface area contributed by atoms with Gasteiger partial charge in [0.25, 0.3) is 0 Å². The molecule has 0 spiro atoms. The molecule has 1 aromatic carbocycles. The Kier molecular flexibility index (Phi) is 6.27.